The Morgan fingerprint density at radius 2 is 1.70 bits per heavy atom. The van der Waals surface area contributed by atoms with Crippen LogP contribution in [0.2, 0.25) is 0 Å². The van der Waals surface area contributed by atoms with Crippen molar-refractivity contribution < 1.29 is 18.7 Å². The lowest BCUT2D eigenvalue weighted by molar-refractivity contribution is -0.128. The molecule has 0 bridgehead atoms. The van der Waals surface area contributed by atoms with E-state index in [2.05, 4.69) is 31.9 Å². The molecule has 2 aromatic carbocycles. The lowest BCUT2D eigenvalue weighted by Crippen LogP contribution is -2.47. The van der Waals surface area contributed by atoms with Gasteiger partial charge in [-0.05, 0) is 85.2 Å². The Morgan fingerprint density at radius 3 is 2.27 bits per heavy atom. The van der Waals surface area contributed by atoms with Gasteiger partial charge in [-0.1, -0.05) is 0 Å². The standard InChI is InChI=1S/C21H20BrFN4O3/c1-12-19(22)13(2)27(26-12)17-8-4-15(5-9-17)21(29)25-24-20(28)14(3)30-18-10-6-16(23)7-11-18/h4-11,14H,1-3H3,(H,24,28)(H,25,29). The van der Waals surface area contributed by atoms with E-state index in [4.69, 9.17) is 4.74 Å². The Kier molecular flexibility index (Phi) is 6.51. The van der Waals surface area contributed by atoms with E-state index in [0.29, 0.717) is 11.3 Å². The van der Waals surface area contributed by atoms with Crippen LogP contribution < -0.4 is 15.6 Å². The van der Waals surface area contributed by atoms with Gasteiger partial charge in [-0.2, -0.15) is 5.10 Å². The minimum atomic E-state index is -0.886. The number of hydrogen-bond acceptors (Lipinski definition) is 4. The molecule has 3 rings (SSSR count). The summed E-state index contributed by atoms with van der Waals surface area (Å²) >= 11 is 3.49. The van der Waals surface area contributed by atoms with Crippen LogP contribution in [0.3, 0.4) is 0 Å². The third-order valence-electron chi connectivity index (χ3n) is 4.37. The highest BCUT2D eigenvalue weighted by molar-refractivity contribution is 9.10. The van der Waals surface area contributed by atoms with Crippen molar-refractivity contribution in [2.45, 2.75) is 26.9 Å². The van der Waals surface area contributed by atoms with E-state index in [1.807, 2.05) is 13.8 Å². The molecule has 1 aromatic heterocycles. The molecule has 0 aliphatic heterocycles. The number of hydrazine groups is 1. The first-order valence-electron chi connectivity index (χ1n) is 9.11. The first-order chi connectivity index (χ1) is 14.3. The van der Waals surface area contributed by atoms with E-state index < -0.39 is 23.7 Å². The van der Waals surface area contributed by atoms with Crippen molar-refractivity contribution in [1.29, 1.82) is 0 Å². The molecule has 0 aliphatic carbocycles. The fourth-order valence-corrected chi connectivity index (χ4v) is 2.94. The van der Waals surface area contributed by atoms with Crippen LogP contribution in [-0.2, 0) is 4.79 Å². The zero-order chi connectivity index (χ0) is 21.8. The highest BCUT2D eigenvalue weighted by Crippen LogP contribution is 2.23. The van der Waals surface area contributed by atoms with Crippen molar-refractivity contribution in [3.63, 3.8) is 0 Å². The number of halogens is 2. The minimum absolute atomic E-state index is 0.344. The second kappa shape index (κ2) is 9.08. The third kappa shape index (κ3) is 4.85. The lowest BCUT2D eigenvalue weighted by Gasteiger charge is -2.15. The summed E-state index contributed by atoms with van der Waals surface area (Å²) in [4.78, 5) is 24.4. The van der Waals surface area contributed by atoms with Crippen LogP contribution in [0, 0.1) is 19.7 Å². The Balaban J connectivity index is 1.57. The zero-order valence-electron chi connectivity index (χ0n) is 16.6. The molecule has 0 saturated heterocycles. The fraction of sp³-hybridized carbons (Fsp3) is 0.190. The summed E-state index contributed by atoms with van der Waals surface area (Å²) in [5.74, 6) is -1.07. The average Bonchev–Trinajstić information content (AvgIpc) is 3.00. The molecule has 0 radical (unpaired) electrons. The minimum Gasteiger partial charge on any atom is -0.481 e. The summed E-state index contributed by atoms with van der Waals surface area (Å²) < 4.78 is 21.0. The van der Waals surface area contributed by atoms with Gasteiger partial charge in [0.2, 0.25) is 0 Å². The number of carbonyl (C=O) groups excluding carboxylic acids is 2. The van der Waals surface area contributed by atoms with Crippen LogP contribution in [-0.4, -0.2) is 27.7 Å². The van der Waals surface area contributed by atoms with Gasteiger partial charge >= 0.3 is 0 Å². The molecule has 156 valence electrons. The van der Waals surface area contributed by atoms with E-state index in [1.165, 1.54) is 31.2 Å². The van der Waals surface area contributed by atoms with Crippen LogP contribution in [0.15, 0.2) is 53.0 Å². The van der Waals surface area contributed by atoms with Gasteiger partial charge in [0.25, 0.3) is 11.8 Å². The van der Waals surface area contributed by atoms with Crippen LogP contribution in [0.4, 0.5) is 4.39 Å². The van der Waals surface area contributed by atoms with E-state index in [9.17, 15) is 14.0 Å². The van der Waals surface area contributed by atoms with Crippen molar-refractivity contribution in [1.82, 2.24) is 20.6 Å². The molecule has 30 heavy (non-hydrogen) atoms. The first-order valence-corrected chi connectivity index (χ1v) is 9.90. The number of ether oxygens (including phenoxy) is 1. The predicted molar refractivity (Wildman–Crippen MR) is 113 cm³/mol. The van der Waals surface area contributed by atoms with E-state index in [0.717, 1.165) is 21.5 Å². The van der Waals surface area contributed by atoms with Crippen LogP contribution in [0.1, 0.15) is 28.7 Å². The SMILES string of the molecule is Cc1nn(-c2ccc(C(=O)NNC(=O)C(C)Oc3ccc(F)cc3)cc2)c(C)c1Br. The number of aryl methyl sites for hydroxylation is 1. The summed E-state index contributed by atoms with van der Waals surface area (Å²) in [6.07, 6.45) is -0.886. The zero-order valence-corrected chi connectivity index (χ0v) is 18.2. The number of aromatic nitrogens is 2. The van der Waals surface area contributed by atoms with E-state index in [1.54, 1.807) is 28.9 Å². The number of benzene rings is 2. The van der Waals surface area contributed by atoms with Gasteiger partial charge < -0.3 is 4.74 Å². The maximum Gasteiger partial charge on any atom is 0.279 e. The van der Waals surface area contributed by atoms with Crippen LogP contribution in [0.25, 0.3) is 5.69 Å². The normalized spacial score (nSPS) is 11.6. The van der Waals surface area contributed by atoms with Gasteiger partial charge in [-0.3, -0.25) is 20.4 Å². The third-order valence-corrected chi connectivity index (χ3v) is 5.52. The van der Waals surface area contributed by atoms with Gasteiger partial charge in [0, 0.05) is 5.56 Å². The van der Waals surface area contributed by atoms with Crippen molar-refractivity contribution in [3.8, 4) is 11.4 Å². The largest absolute Gasteiger partial charge is 0.481 e. The maximum absolute atomic E-state index is 12.9. The van der Waals surface area contributed by atoms with Gasteiger partial charge in [0.05, 0.1) is 21.5 Å². The van der Waals surface area contributed by atoms with Crippen LogP contribution >= 0.6 is 15.9 Å². The average molecular weight is 475 g/mol. The van der Waals surface area contributed by atoms with E-state index in [-0.39, 0.29) is 0 Å². The number of amides is 2. The molecule has 0 aliphatic rings. The van der Waals surface area contributed by atoms with Crippen molar-refractivity contribution >= 4 is 27.7 Å². The molecule has 7 nitrogen and oxygen atoms in total. The van der Waals surface area contributed by atoms with Crippen LogP contribution in [0.5, 0.6) is 5.75 Å². The molecular formula is C21H20BrFN4O3. The summed E-state index contributed by atoms with van der Waals surface area (Å²) in [6.45, 7) is 5.36. The fourth-order valence-electron chi connectivity index (χ4n) is 2.69. The maximum atomic E-state index is 12.9. The number of carbonyl (C=O) groups is 2. The second-order valence-corrected chi connectivity index (χ2v) is 7.39. The van der Waals surface area contributed by atoms with Crippen molar-refractivity contribution in [2.24, 2.45) is 0 Å². The smallest absolute Gasteiger partial charge is 0.279 e. The lowest BCUT2D eigenvalue weighted by atomic mass is 10.2. The molecule has 0 saturated carbocycles. The van der Waals surface area contributed by atoms with E-state index >= 15 is 0 Å². The predicted octanol–water partition coefficient (Wildman–Crippen LogP) is 3.62. The summed E-state index contributed by atoms with van der Waals surface area (Å²) in [7, 11) is 0. The Bertz CT molecular complexity index is 1070. The Labute approximate surface area is 181 Å². The summed E-state index contributed by atoms with van der Waals surface area (Å²) in [5, 5.41) is 4.45. The van der Waals surface area contributed by atoms with Crippen molar-refractivity contribution in [2.75, 3.05) is 0 Å². The quantitative estimate of drug-likeness (QED) is 0.553. The molecule has 0 fully saturated rings. The molecule has 2 amide bonds. The van der Waals surface area contributed by atoms with Gasteiger partial charge in [0.15, 0.2) is 6.10 Å². The highest BCUT2D eigenvalue weighted by Gasteiger charge is 2.16. The van der Waals surface area contributed by atoms with Gasteiger partial charge in [0.1, 0.15) is 11.6 Å². The Morgan fingerprint density at radius 1 is 1.07 bits per heavy atom. The first kappa shape index (κ1) is 21.5. The summed E-state index contributed by atoms with van der Waals surface area (Å²) in [5.41, 5.74) is 7.66. The van der Waals surface area contributed by atoms with Gasteiger partial charge in [-0.15, -0.1) is 0 Å². The number of rotatable bonds is 5. The molecule has 2 N–H and O–H groups in total. The summed E-state index contributed by atoms with van der Waals surface area (Å²) in [6, 6.07) is 12.1. The molecule has 1 heterocycles. The second-order valence-electron chi connectivity index (χ2n) is 6.60. The Hall–Kier alpha value is -3.20. The highest BCUT2D eigenvalue weighted by atomic mass is 79.9. The number of nitrogens with one attached hydrogen (secondary N) is 2. The van der Waals surface area contributed by atoms with Crippen molar-refractivity contribution in [3.05, 3.63) is 75.8 Å². The molecule has 9 heteroatoms. The molecule has 1 unspecified atom stereocenters. The number of hydrogen-bond donors (Lipinski definition) is 2. The molecular weight excluding hydrogens is 455 g/mol. The molecule has 1 atom stereocenters. The topological polar surface area (TPSA) is 85.3 Å². The number of nitrogens with zero attached hydrogens (tertiary/aromatic N) is 2. The monoisotopic (exact) mass is 474 g/mol. The molecule has 3 aromatic rings. The molecule has 0 spiro atoms. The van der Waals surface area contributed by atoms with Gasteiger partial charge in [-0.25, -0.2) is 9.07 Å².